The monoisotopic (exact) mass is 525 g/mol. The first-order valence-electron chi connectivity index (χ1n) is 14.6. The second kappa shape index (κ2) is 20.0. The molecule has 0 aliphatic heterocycles. The smallest absolute Gasteiger partial charge is 0.274 e. The Morgan fingerprint density at radius 3 is 1.54 bits per heavy atom. The predicted octanol–water partition coefficient (Wildman–Crippen LogP) is 5.71. The molecule has 0 saturated heterocycles. The van der Waals surface area contributed by atoms with Crippen molar-refractivity contribution < 1.29 is 19.2 Å². The fourth-order valence-electron chi connectivity index (χ4n) is 4.68. The van der Waals surface area contributed by atoms with Gasteiger partial charge in [-0.3, -0.25) is 24.7 Å². The fourth-order valence-corrected chi connectivity index (χ4v) is 4.68. The highest BCUT2D eigenvalue weighted by molar-refractivity contribution is 6.05. The third-order valence-corrected chi connectivity index (χ3v) is 7.09. The number of hydrogen-bond donors (Lipinski definition) is 3. The summed E-state index contributed by atoms with van der Waals surface area (Å²) in [5.41, 5.74) is -1.42. The van der Waals surface area contributed by atoms with E-state index in [1.807, 2.05) is 20.8 Å². The summed E-state index contributed by atoms with van der Waals surface area (Å²) in [6.45, 7) is 9.51. The summed E-state index contributed by atoms with van der Waals surface area (Å²) in [7, 11) is 0. The fraction of sp³-hybridized carbons (Fsp3) is 0.857. The van der Waals surface area contributed by atoms with Crippen LogP contribution in [0.3, 0.4) is 0 Å². The number of imide groups is 2. The number of nitrogens with one attached hydrogen (secondary N) is 1. The van der Waals surface area contributed by atoms with Crippen molar-refractivity contribution in [1.82, 2.24) is 15.3 Å². The summed E-state index contributed by atoms with van der Waals surface area (Å²) >= 11 is 0. The zero-order valence-corrected chi connectivity index (χ0v) is 24.3. The zero-order valence-electron chi connectivity index (χ0n) is 24.3. The molecule has 0 aliphatic carbocycles. The lowest BCUT2D eigenvalue weighted by Gasteiger charge is -2.43. The molecule has 0 aromatic rings. The Balaban J connectivity index is 5.11. The van der Waals surface area contributed by atoms with Crippen molar-refractivity contribution in [3.8, 4) is 0 Å². The Bertz CT molecular complexity index is 685. The molecule has 0 fully saturated rings. The lowest BCUT2D eigenvalue weighted by molar-refractivity contribution is -0.152. The molecule has 9 heteroatoms. The first kappa shape index (κ1) is 35.0. The highest BCUT2D eigenvalue weighted by Crippen LogP contribution is 2.31. The average molecular weight is 526 g/mol. The molecule has 0 aromatic carbocycles. The molecule has 0 saturated carbocycles. The molecule has 216 valence electrons. The van der Waals surface area contributed by atoms with Gasteiger partial charge in [0.2, 0.25) is 11.8 Å². The summed E-state index contributed by atoms with van der Waals surface area (Å²) in [5, 5.41) is 3.67. The van der Waals surface area contributed by atoms with E-state index in [2.05, 4.69) is 12.2 Å². The van der Waals surface area contributed by atoms with Gasteiger partial charge < -0.3 is 0 Å². The van der Waals surface area contributed by atoms with Gasteiger partial charge in [-0.1, -0.05) is 112 Å². The quantitative estimate of drug-likeness (QED) is 0.0805. The zero-order chi connectivity index (χ0) is 28.3. The second-order valence-corrected chi connectivity index (χ2v) is 10.5. The summed E-state index contributed by atoms with van der Waals surface area (Å²) in [6.07, 6.45) is 15.8. The Hall–Kier alpha value is -2.00. The lowest BCUT2D eigenvalue weighted by atomic mass is 9.79. The predicted molar refractivity (Wildman–Crippen MR) is 149 cm³/mol. The van der Waals surface area contributed by atoms with Gasteiger partial charge in [0.05, 0.1) is 0 Å². The molecular weight excluding hydrogens is 470 g/mol. The van der Waals surface area contributed by atoms with Crippen LogP contribution in [0, 0.1) is 5.92 Å². The van der Waals surface area contributed by atoms with E-state index in [-0.39, 0.29) is 24.7 Å². The van der Waals surface area contributed by atoms with Gasteiger partial charge >= 0.3 is 6.03 Å². The number of nitrogens with zero attached hydrogens (tertiary/aromatic N) is 2. The van der Waals surface area contributed by atoms with E-state index in [9.17, 15) is 19.2 Å². The number of rotatable bonds is 20. The Kier molecular flexibility index (Phi) is 18.9. The van der Waals surface area contributed by atoms with E-state index in [0.29, 0.717) is 30.7 Å². The van der Waals surface area contributed by atoms with Gasteiger partial charge in [0.25, 0.3) is 5.91 Å². The van der Waals surface area contributed by atoms with E-state index >= 15 is 0 Å². The SMILES string of the molecule is CCCCCCCCCCCCCC[C@@](C(=O)NC(=O)N(N)C(=O)CCC)(C(C)C)N(N)C(=O)CCC. The number of hydrazine groups is 2. The van der Waals surface area contributed by atoms with Crippen LogP contribution in [0.5, 0.6) is 0 Å². The summed E-state index contributed by atoms with van der Waals surface area (Å²) in [5.74, 6) is 9.89. The van der Waals surface area contributed by atoms with E-state index < -0.39 is 23.4 Å². The van der Waals surface area contributed by atoms with Crippen LogP contribution in [0.1, 0.15) is 144 Å². The van der Waals surface area contributed by atoms with Crippen LogP contribution in [0.15, 0.2) is 0 Å². The number of unbranched alkanes of at least 4 members (excludes halogenated alkanes) is 11. The van der Waals surface area contributed by atoms with Crippen LogP contribution >= 0.6 is 0 Å². The van der Waals surface area contributed by atoms with Crippen LogP contribution in [-0.4, -0.2) is 39.3 Å². The molecule has 0 rings (SSSR count). The van der Waals surface area contributed by atoms with Gasteiger partial charge in [-0.05, 0) is 25.2 Å². The first-order valence-corrected chi connectivity index (χ1v) is 14.6. The summed E-state index contributed by atoms with van der Waals surface area (Å²) in [4.78, 5) is 50.8. The molecular formula is C28H55N5O4. The van der Waals surface area contributed by atoms with Crippen molar-refractivity contribution in [2.75, 3.05) is 0 Å². The first-order chi connectivity index (χ1) is 17.6. The molecule has 0 heterocycles. The Morgan fingerprint density at radius 1 is 0.676 bits per heavy atom. The van der Waals surface area contributed by atoms with Crippen molar-refractivity contribution in [3.05, 3.63) is 0 Å². The molecule has 0 radical (unpaired) electrons. The minimum Gasteiger partial charge on any atom is -0.274 e. The third-order valence-electron chi connectivity index (χ3n) is 7.09. The van der Waals surface area contributed by atoms with E-state index in [1.165, 1.54) is 51.4 Å². The minimum atomic E-state index is -1.42. The highest BCUT2D eigenvalue weighted by atomic mass is 16.2. The maximum absolute atomic E-state index is 13.5. The number of urea groups is 1. The summed E-state index contributed by atoms with van der Waals surface area (Å²) in [6, 6.07) is -1.01. The van der Waals surface area contributed by atoms with Crippen molar-refractivity contribution >= 4 is 23.8 Å². The molecule has 9 nitrogen and oxygen atoms in total. The van der Waals surface area contributed by atoms with Crippen molar-refractivity contribution in [2.45, 2.75) is 149 Å². The van der Waals surface area contributed by atoms with Crippen molar-refractivity contribution in [2.24, 2.45) is 17.6 Å². The molecule has 0 bridgehead atoms. The Labute approximate surface area is 225 Å². The molecule has 1 atom stereocenters. The van der Waals surface area contributed by atoms with Crippen LogP contribution in [0.4, 0.5) is 4.79 Å². The van der Waals surface area contributed by atoms with Crippen molar-refractivity contribution in [1.29, 1.82) is 0 Å². The Morgan fingerprint density at radius 2 is 1.11 bits per heavy atom. The largest absolute Gasteiger partial charge is 0.345 e. The molecule has 0 aliphatic rings. The normalized spacial score (nSPS) is 12.8. The van der Waals surface area contributed by atoms with E-state index in [0.717, 1.165) is 24.3 Å². The minimum absolute atomic E-state index is 0.0876. The van der Waals surface area contributed by atoms with Crippen molar-refractivity contribution in [3.63, 3.8) is 0 Å². The number of carbonyl (C=O) groups excluding carboxylic acids is 4. The number of nitrogens with two attached hydrogens (primary N) is 2. The number of amides is 5. The molecule has 0 unspecified atom stereocenters. The second-order valence-electron chi connectivity index (χ2n) is 10.5. The topological polar surface area (TPSA) is 139 Å². The van der Waals surface area contributed by atoms with Gasteiger partial charge in [-0.2, -0.15) is 5.01 Å². The van der Waals surface area contributed by atoms with Crippen LogP contribution < -0.4 is 17.0 Å². The molecule has 0 aromatic heterocycles. The molecule has 5 amide bonds. The molecule has 37 heavy (non-hydrogen) atoms. The van der Waals surface area contributed by atoms with E-state index in [4.69, 9.17) is 11.7 Å². The van der Waals surface area contributed by atoms with Gasteiger partial charge in [-0.15, -0.1) is 0 Å². The van der Waals surface area contributed by atoms with Crippen LogP contribution in [0.25, 0.3) is 0 Å². The lowest BCUT2D eigenvalue weighted by Crippen LogP contribution is -2.68. The van der Waals surface area contributed by atoms with Crippen LogP contribution in [0.2, 0.25) is 0 Å². The van der Waals surface area contributed by atoms with Gasteiger partial charge in [0.1, 0.15) is 5.54 Å². The van der Waals surface area contributed by atoms with Gasteiger partial charge in [-0.25, -0.2) is 16.5 Å². The molecule has 5 N–H and O–H groups in total. The summed E-state index contributed by atoms with van der Waals surface area (Å²) < 4.78 is 0. The third kappa shape index (κ3) is 12.4. The average Bonchev–Trinajstić information content (AvgIpc) is 2.86. The van der Waals surface area contributed by atoms with Gasteiger partial charge in [0.15, 0.2) is 0 Å². The standard InChI is InChI=1S/C28H55N5O4/c1-6-9-10-11-12-13-14-15-16-17-18-19-22-28(23(4)5,33(30)25(35)21-8-3)26(36)31-27(37)32(29)24(34)20-7-2/h23H,6-22,29-30H2,1-5H3,(H,31,36,37)/t28-/m0/s1. The highest BCUT2D eigenvalue weighted by Gasteiger charge is 2.48. The molecule has 0 spiro atoms. The maximum atomic E-state index is 13.5. The number of carbonyl (C=O) groups is 4. The maximum Gasteiger partial charge on any atom is 0.345 e. The number of hydrogen-bond acceptors (Lipinski definition) is 6. The van der Waals surface area contributed by atoms with E-state index in [1.54, 1.807) is 6.92 Å². The van der Waals surface area contributed by atoms with Crippen LogP contribution in [-0.2, 0) is 14.4 Å². The van der Waals surface area contributed by atoms with Gasteiger partial charge in [0, 0.05) is 12.8 Å².